The van der Waals surface area contributed by atoms with E-state index >= 15 is 0 Å². The number of hydrogen-bond acceptors (Lipinski definition) is 9. The smallest absolute Gasteiger partial charge is 0.280 e. The predicted octanol–water partition coefficient (Wildman–Crippen LogP) is 4.34. The third kappa shape index (κ3) is 5.93. The highest BCUT2D eigenvalue weighted by Gasteiger charge is 2.20. The maximum atomic E-state index is 13.5. The molecule has 0 radical (unpaired) electrons. The number of nitrogens with zero attached hydrogens (tertiary/aromatic N) is 4. The summed E-state index contributed by atoms with van der Waals surface area (Å²) in [6, 6.07) is 12.5. The third-order valence-corrected chi connectivity index (χ3v) is 7.31. The Morgan fingerprint density at radius 3 is 2.51 bits per heavy atom. The third-order valence-electron chi connectivity index (χ3n) is 6.08. The molecule has 0 bridgehead atoms. The number of aromatic nitrogens is 4. The van der Waals surface area contributed by atoms with E-state index in [0.717, 1.165) is 11.3 Å². The minimum absolute atomic E-state index is 0.102. The monoisotopic (exact) mass is 588 g/mol. The van der Waals surface area contributed by atoms with Gasteiger partial charge < -0.3 is 20.0 Å². The Labute approximate surface area is 241 Å². The second-order valence-corrected chi connectivity index (χ2v) is 10.5. The molecule has 5 aromatic rings. The van der Waals surface area contributed by atoms with Gasteiger partial charge >= 0.3 is 0 Å². The zero-order chi connectivity index (χ0) is 29.1. The highest BCUT2D eigenvalue weighted by molar-refractivity contribution is 7.16. The van der Waals surface area contributed by atoms with Crippen LogP contribution in [-0.4, -0.2) is 36.9 Å². The first-order valence-corrected chi connectivity index (χ1v) is 13.2. The number of thiophene rings is 1. The van der Waals surface area contributed by atoms with Gasteiger partial charge in [0, 0.05) is 39.9 Å². The van der Waals surface area contributed by atoms with Crippen LogP contribution in [-0.2, 0) is 13.1 Å². The number of ketones is 1. The van der Waals surface area contributed by atoms with Crippen LogP contribution >= 0.6 is 22.9 Å². The molecule has 0 aliphatic rings. The van der Waals surface area contributed by atoms with Crippen molar-refractivity contribution in [2.75, 3.05) is 5.32 Å². The first-order valence-electron chi connectivity index (χ1n) is 12.0. The number of oxazole rings is 1. The van der Waals surface area contributed by atoms with E-state index in [1.54, 1.807) is 12.1 Å². The fraction of sp³-hybridized carbons (Fsp3) is 0.0714. The van der Waals surface area contributed by atoms with Gasteiger partial charge in [0.25, 0.3) is 11.5 Å². The van der Waals surface area contributed by atoms with Gasteiger partial charge in [-0.05, 0) is 42.0 Å². The molecular formula is C28H21ClN6O5S. The molecule has 0 unspecified atom stereocenters. The Kier molecular flexibility index (Phi) is 7.77. The van der Waals surface area contributed by atoms with Crippen molar-refractivity contribution in [1.29, 1.82) is 0 Å². The normalized spacial score (nSPS) is 10.9. The zero-order valence-corrected chi connectivity index (χ0v) is 22.8. The lowest BCUT2D eigenvalue weighted by Gasteiger charge is -2.09. The van der Waals surface area contributed by atoms with Gasteiger partial charge in [0.05, 0.1) is 23.1 Å². The van der Waals surface area contributed by atoms with Crippen LogP contribution in [0.4, 0.5) is 5.82 Å². The minimum atomic E-state index is -0.614. The molecule has 0 saturated heterocycles. The summed E-state index contributed by atoms with van der Waals surface area (Å²) in [7, 11) is 0. The van der Waals surface area contributed by atoms with Gasteiger partial charge in [-0.3, -0.25) is 19.2 Å². The molecule has 5 rings (SSSR count). The van der Waals surface area contributed by atoms with Crippen molar-refractivity contribution in [3.8, 4) is 11.3 Å². The van der Waals surface area contributed by atoms with E-state index < -0.39 is 23.2 Å². The molecule has 0 fully saturated rings. The summed E-state index contributed by atoms with van der Waals surface area (Å²) in [6.45, 7) is 3.94. The molecule has 0 aliphatic heterocycles. The van der Waals surface area contributed by atoms with Gasteiger partial charge in [-0.1, -0.05) is 24.3 Å². The lowest BCUT2D eigenvalue weighted by atomic mass is 10.1. The first-order chi connectivity index (χ1) is 19.7. The lowest BCUT2D eigenvalue weighted by molar-refractivity contribution is 0.0943. The number of benzene rings is 1. The Morgan fingerprint density at radius 1 is 1.12 bits per heavy atom. The quantitative estimate of drug-likeness (QED) is 0.228. The van der Waals surface area contributed by atoms with Crippen LogP contribution in [0.1, 0.15) is 41.6 Å². The predicted molar refractivity (Wildman–Crippen MR) is 154 cm³/mol. The number of rotatable bonds is 10. The summed E-state index contributed by atoms with van der Waals surface area (Å²) >= 11 is 7.45. The van der Waals surface area contributed by atoms with Crippen molar-refractivity contribution in [3.63, 3.8) is 0 Å². The van der Waals surface area contributed by atoms with Crippen LogP contribution in [0.3, 0.4) is 0 Å². The van der Waals surface area contributed by atoms with Gasteiger partial charge in [-0.2, -0.15) is 9.78 Å². The average Bonchev–Trinajstić information content (AvgIpc) is 3.74. The van der Waals surface area contributed by atoms with E-state index in [0.29, 0.717) is 33.5 Å². The van der Waals surface area contributed by atoms with Crippen molar-refractivity contribution in [2.24, 2.45) is 5.73 Å². The molecule has 0 aliphatic carbocycles. The van der Waals surface area contributed by atoms with E-state index in [1.807, 2.05) is 6.07 Å². The number of halogens is 1. The maximum absolute atomic E-state index is 13.5. The van der Waals surface area contributed by atoms with Crippen LogP contribution in [0.15, 0.2) is 83.2 Å². The van der Waals surface area contributed by atoms with Crippen LogP contribution in [0.5, 0.6) is 0 Å². The number of pyridine rings is 1. The summed E-state index contributed by atoms with van der Waals surface area (Å²) in [5.41, 5.74) is 6.72. The van der Waals surface area contributed by atoms with E-state index in [-0.39, 0.29) is 23.4 Å². The Morgan fingerprint density at radius 2 is 1.88 bits per heavy atom. The molecule has 3 N–H and O–H groups in total. The van der Waals surface area contributed by atoms with Crippen LogP contribution in [0, 0.1) is 0 Å². The van der Waals surface area contributed by atoms with Crippen molar-refractivity contribution in [2.45, 2.75) is 13.1 Å². The van der Waals surface area contributed by atoms with E-state index in [1.165, 1.54) is 69.5 Å². The number of anilines is 1. The summed E-state index contributed by atoms with van der Waals surface area (Å²) in [4.78, 5) is 55.2. The van der Waals surface area contributed by atoms with Crippen molar-refractivity contribution in [1.82, 2.24) is 19.3 Å². The minimum Gasteiger partial charge on any atom is -0.451 e. The molecule has 1 aromatic carbocycles. The van der Waals surface area contributed by atoms with Gasteiger partial charge in [-0.15, -0.1) is 11.3 Å². The Bertz CT molecular complexity index is 1840. The van der Waals surface area contributed by atoms with E-state index in [9.17, 15) is 19.2 Å². The Hall–Kier alpha value is -5.07. The molecule has 4 heterocycles. The fourth-order valence-corrected chi connectivity index (χ4v) is 5.03. The standard InChI is InChI=1S/C28H21ClN6O5S/c1-2-16-12-34(13-23(36)22-14-40-15-32-22)26(37)9-20(16)21-10-25(31-11-19-7-8-24(29)41-19)35(33-21)28(39)18-5-3-17(4-6-18)27(30)38/h2-10,12,14-15,31H,1,11,13H2,(H2,30,38). The van der Waals surface area contributed by atoms with Crippen LogP contribution in [0.25, 0.3) is 17.3 Å². The van der Waals surface area contributed by atoms with Crippen LogP contribution in [0.2, 0.25) is 4.34 Å². The molecule has 206 valence electrons. The molecule has 0 spiro atoms. The van der Waals surface area contributed by atoms with E-state index in [4.69, 9.17) is 21.8 Å². The van der Waals surface area contributed by atoms with Crippen molar-refractivity contribution in [3.05, 3.63) is 116 Å². The van der Waals surface area contributed by atoms with Gasteiger partial charge in [-0.25, -0.2) is 4.98 Å². The summed E-state index contributed by atoms with van der Waals surface area (Å²) in [5, 5.41) is 7.72. The maximum Gasteiger partial charge on any atom is 0.280 e. The molecule has 13 heteroatoms. The average molecular weight is 589 g/mol. The lowest BCUT2D eigenvalue weighted by Crippen LogP contribution is -2.24. The van der Waals surface area contributed by atoms with Gasteiger partial charge in [0.1, 0.15) is 17.8 Å². The molecule has 4 aromatic heterocycles. The molecule has 0 saturated carbocycles. The topological polar surface area (TPSA) is 155 Å². The van der Waals surface area contributed by atoms with Crippen LogP contribution < -0.4 is 16.6 Å². The van der Waals surface area contributed by atoms with Gasteiger partial charge in [0.2, 0.25) is 11.7 Å². The second-order valence-electron chi connectivity index (χ2n) is 8.74. The van der Waals surface area contributed by atoms with Crippen molar-refractivity contribution < 1.29 is 18.8 Å². The molecular weight excluding hydrogens is 568 g/mol. The number of nitrogens with one attached hydrogen (secondary N) is 1. The molecule has 11 nitrogen and oxygen atoms in total. The number of Topliss-reactive ketones (excluding diaryl/α,β-unsaturated/α-hetero) is 1. The fourth-order valence-electron chi connectivity index (χ4n) is 4.00. The number of amides is 1. The number of carbonyl (C=O) groups is 3. The molecule has 41 heavy (non-hydrogen) atoms. The highest BCUT2D eigenvalue weighted by atomic mass is 35.5. The van der Waals surface area contributed by atoms with Gasteiger partial charge in [0.15, 0.2) is 6.39 Å². The van der Waals surface area contributed by atoms with Crippen molar-refractivity contribution >= 4 is 52.4 Å². The zero-order valence-electron chi connectivity index (χ0n) is 21.2. The Balaban J connectivity index is 1.52. The molecule has 1 amide bonds. The summed E-state index contributed by atoms with van der Waals surface area (Å²) in [6.07, 6.45) is 5.36. The summed E-state index contributed by atoms with van der Waals surface area (Å²) in [5.74, 6) is -1.14. The number of hydrogen-bond donors (Lipinski definition) is 2. The van der Waals surface area contributed by atoms with E-state index in [2.05, 4.69) is 22.0 Å². The number of nitrogens with two attached hydrogens (primary N) is 1. The first kappa shape index (κ1) is 27.5. The highest BCUT2D eigenvalue weighted by Crippen LogP contribution is 2.28. The largest absolute Gasteiger partial charge is 0.451 e. The SMILES string of the molecule is C=Cc1cn(CC(=O)c2cocn2)c(=O)cc1-c1cc(NCc2ccc(Cl)s2)n(C(=O)c2ccc(C(N)=O)cc2)n1. The number of primary amides is 1. The summed E-state index contributed by atoms with van der Waals surface area (Å²) < 4.78 is 7.89. The number of carbonyl (C=O) groups excluding carboxylic acids is 3. The second kappa shape index (κ2) is 11.6. The molecule has 0 atom stereocenters.